The summed E-state index contributed by atoms with van der Waals surface area (Å²) in [5, 5.41) is 11.5. The maximum absolute atomic E-state index is 11.6. The molecule has 1 aromatic rings. The molecule has 0 heterocycles. The van der Waals surface area contributed by atoms with Crippen LogP contribution >= 0.6 is 0 Å². The number of carbonyl (C=O) groups excluding carboxylic acids is 1. The molecule has 2 atom stereocenters. The molecule has 0 aromatic heterocycles. The molecule has 1 saturated carbocycles. The molecule has 2 rings (SSSR count). The van der Waals surface area contributed by atoms with Gasteiger partial charge in [-0.2, -0.15) is 0 Å². The van der Waals surface area contributed by atoms with Crippen LogP contribution in [0, 0.1) is 11.8 Å². The van der Waals surface area contributed by atoms with Gasteiger partial charge in [-0.25, -0.2) is 4.79 Å². The summed E-state index contributed by atoms with van der Waals surface area (Å²) in [6.07, 6.45) is 0.943. The minimum absolute atomic E-state index is 0.0237. The molecule has 1 aromatic carbocycles. The van der Waals surface area contributed by atoms with E-state index < -0.39 is 5.97 Å². The van der Waals surface area contributed by atoms with Crippen LogP contribution in [0.2, 0.25) is 0 Å². The maximum Gasteiger partial charge on any atom is 0.335 e. The van der Waals surface area contributed by atoms with Crippen LogP contribution in [0.1, 0.15) is 23.7 Å². The van der Waals surface area contributed by atoms with E-state index in [-0.39, 0.29) is 17.4 Å². The average molecular weight is 219 g/mol. The Balaban J connectivity index is 2.00. The molecule has 0 spiro atoms. The fraction of sp³-hybridized carbons (Fsp3) is 0.333. The second-order valence-electron chi connectivity index (χ2n) is 4.19. The molecule has 2 N–H and O–H groups in total. The Morgan fingerprint density at radius 3 is 2.31 bits per heavy atom. The number of carboxylic acid groups (broad SMARTS) is 1. The number of aromatic carboxylic acids is 1. The van der Waals surface area contributed by atoms with E-state index in [1.807, 2.05) is 6.92 Å². The smallest absolute Gasteiger partial charge is 0.335 e. The zero-order valence-electron chi connectivity index (χ0n) is 8.93. The summed E-state index contributed by atoms with van der Waals surface area (Å²) in [5.41, 5.74) is 0.867. The Labute approximate surface area is 93.3 Å². The van der Waals surface area contributed by atoms with E-state index in [0.29, 0.717) is 11.6 Å². The standard InChI is InChI=1S/C12H13NO3/c1-7-6-10(7)11(14)13-9-4-2-8(3-5-9)12(15)16/h2-5,7,10H,6H2,1H3,(H,13,14)(H,15,16)/t7-,10+/m1/s1. The van der Waals surface area contributed by atoms with Crippen molar-refractivity contribution in [2.75, 3.05) is 5.32 Å². The molecule has 1 aliphatic carbocycles. The zero-order valence-corrected chi connectivity index (χ0v) is 8.93. The lowest BCUT2D eigenvalue weighted by Crippen LogP contribution is -2.14. The Hall–Kier alpha value is -1.84. The third-order valence-corrected chi connectivity index (χ3v) is 2.85. The van der Waals surface area contributed by atoms with Crippen molar-refractivity contribution < 1.29 is 14.7 Å². The Kier molecular flexibility index (Phi) is 2.64. The normalized spacial score (nSPS) is 22.6. The van der Waals surface area contributed by atoms with Crippen LogP contribution in [0.4, 0.5) is 5.69 Å². The first kappa shape index (κ1) is 10.7. The first-order valence-electron chi connectivity index (χ1n) is 5.22. The number of benzene rings is 1. The quantitative estimate of drug-likeness (QED) is 0.816. The lowest BCUT2D eigenvalue weighted by molar-refractivity contribution is -0.117. The SMILES string of the molecule is C[C@@H]1C[C@@H]1C(=O)Nc1ccc(C(=O)O)cc1. The van der Waals surface area contributed by atoms with Crippen LogP contribution in [-0.2, 0) is 4.79 Å². The van der Waals surface area contributed by atoms with Crippen LogP contribution in [0.5, 0.6) is 0 Å². The fourth-order valence-electron chi connectivity index (χ4n) is 1.62. The second kappa shape index (κ2) is 3.96. The lowest BCUT2D eigenvalue weighted by Gasteiger charge is -2.04. The molecule has 0 radical (unpaired) electrons. The summed E-state index contributed by atoms with van der Waals surface area (Å²) < 4.78 is 0. The van der Waals surface area contributed by atoms with Crippen LogP contribution in [-0.4, -0.2) is 17.0 Å². The van der Waals surface area contributed by atoms with Gasteiger partial charge in [0.1, 0.15) is 0 Å². The Morgan fingerprint density at radius 2 is 1.88 bits per heavy atom. The van der Waals surface area contributed by atoms with Gasteiger partial charge in [0.05, 0.1) is 5.56 Å². The van der Waals surface area contributed by atoms with Gasteiger partial charge in [0.25, 0.3) is 0 Å². The van der Waals surface area contributed by atoms with Gasteiger partial charge in [-0.05, 0) is 36.6 Å². The summed E-state index contributed by atoms with van der Waals surface area (Å²) >= 11 is 0. The van der Waals surface area contributed by atoms with Crippen molar-refractivity contribution in [2.24, 2.45) is 11.8 Å². The van der Waals surface area contributed by atoms with Gasteiger partial charge in [0.15, 0.2) is 0 Å². The van der Waals surface area contributed by atoms with E-state index >= 15 is 0 Å². The highest BCUT2D eigenvalue weighted by atomic mass is 16.4. The number of carboxylic acids is 1. The molecular weight excluding hydrogens is 206 g/mol. The second-order valence-corrected chi connectivity index (χ2v) is 4.19. The van der Waals surface area contributed by atoms with Crippen molar-refractivity contribution in [3.05, 3.63) is 29.8 Å². The summed E-state index contributed by atoms with van der Waals surface area (Å²) in [7, 11) is 0. The number of nitrogens with one attached hydrogen (secondary N) is 1. The molecule has 1 aliphatic rings. The number of carbonyl (C=O) groups is 2. The van der Waals surface area contributed by atoms with Gasteiger partial charge in [-0.15, -0.1) is 0 Å². The highest BCUT2D eigenvalue weighted by Crippen LogP contribution is 2.38. The van der Waals surface area contributed by atoms with Crippen molar-refractivity contribution >= 4 is 17.6 Å². The predicted molar refractivity (Wildman–Crippen MR) is 59.3 cm³/mol. The molecule has 0 saturated heterocycles. The topological polar surface area (TPSA) is 66.4 Å². The molecule has 1 fully saturated rings. The van der Waals surface area contributed by atoms with E-state index in [9.17, 15) is 9.59 Å². The minimum Gasteiger partial charge on any atom is -0.478 e. The Bertz CT molecular complexity index is 424. The van der Waals surface area contributed by atoms with Gasteiger partial charge in [-0.1, -0.05) is 6.92 Å². The van der Waals surface area contributed by atoms with Crippen LogP contribution in [0.25, 0.3) is 0 Å². The minimum atomic E-state index is -0.964. The van der Waals surface area contributed by atoms with Gasteiger partial charge in [0.2, 0.25) is 5.91 Å². The summed E-state index contributed by atoms with van der Waals surface area (Å²) in [6.45, 7) is 2.04. The molecular formula is C12H13NO3. The first-order chi connectivity index (χ1) is 7.58. The summed E-state index contributed by atoms with van der Waals surface area (Å²) in [5.74, 6) is -0.346. The molecule has 0 aliphatic heterocycles. The molecule has 0 bridgehead atoms. The van der Waals surface area contributed by atoms with Crippen LogP contribution in [0.15, 0.2) is 24.3 Å². The van der Waals surface area contributed by atoms with Crippen molar-refractivity contribution in [3.63, 3.8) is 0 Å². The Morgan fingerprint density at radius 1 is 1.31 bits per heavy atom. The first-order valence-corrected chi connectivity index (χ1v) is 5.22. The van der Waals surface area contributed by atoms with Crippen LogP contribution < -0.4 is 5.32 Å². The van der Waals surface area contributed by atoms with Gasteiger partial charge < -0.3 is 10.4 Å². The molecule has 84 valence electrons. The van der Waals surface area contributed by atoms with E-state index in [1.165, 1.54) is 12.1 Å². The predicted octanol–water partition coefficient (Wildman–Crippen LogP) is 1.98. The zero-order chi connectivity index (χ0) is 11.7. The number of rotatable bonds is 3. The average Bonchev–Trinajstić information content (AvgIpc) is 2.96. The molecule has 1 amide bonds. The number of hydrogen-bond donors (Lipinski definition) is 2. The lowest BCUT2D eigenvalue weighted by atomic mass is 10.2. The molecule has 4 nitrogen and oxygen atoms in total. The molecule has 16 heavy (non-hydrogen) atoms. The fourth-order valence-corrected chi connectivity index (χ4v) is 1.62. The molecule has 4 heteroatoms. The van der Waals surface area contributed by atoms with Gasteiger partial charge >= 0.3 is 5.97 Å². The van der Waals surface area contributed by atoms with E-state index in [4.69, 9.17) is 5.11 Å². The third kappa shape index (κ3) is 2.21. The highest BCUT2D eigenvalue weighted by molar-refractivity contribution is 5.95. The summed E-state index contributed by atoms with van der Waals surface area (Å²) in [6, 6.07) is 6.17. The van der Waals surface area contributed by atoms with Crippen molar-refractivity contribution in [2.45, 2.75) is 13.3 Å². The largest absolute Gasteiger partial charge is 0.478 e. The van der Waals surface area contributed by atoms with E-state index in [1.54, 1.807) is 12.1 Å². The molecule has 0 unspecified atom stereocenters. The van der Waals surface area contributed by atoms with Crippen molar-refractivity contribution in [1.29, 1.82) is 0 Å². The van der Waals surface area contributed by atoms with E-state index in [0.717, 1.165) is 6.42 Å². The van der Waals surface area contributed by atoms with Crippen molar-refractivity contribution in [3.8, 4) is 0 Å². The number of anilines is 1. The number of amides is 1. The number of hydrogen-bond acceptors (Lipinski definition) is 2. The maximum atomic E-state index is 11.6. The van der Waals surface area contributed by atoms with Gasteiger partial charge in [-0.3, -0.25) is 4.79 Å². The van der Waals surface area contributed by atoms with E-state index in [2.05, 4.69) is 5.32 Å². The van der Waals surface area contributed by atoms with Crippen LogP contribution in [0.3, 0.4) is 0 Å². The summed E-state index contributed by atoms with van der Waals surface area (Å²) in [4.78, 5) is 22.2. The monoisotopic (exact) mass is 219 g/mol. The third-order valence-electron chi connectivity index (χ3n) is 2.85. The van der Waals surface area contributed by atoms with Gasteiger partial charge in [0, 0.05) is 11.6 Å². The van der Waals surface area contributed by atoms with Crippen molar-refractivity contribution in [1.82, 2.24) is 0 Å². The highest BCUT2D eigenvalue weighted by Gasteiger charge is 2.38.